The second-order valence-electron chi connectivity index (χ2n) is 6.42. The molecule has 0 N–H and O–H groups in total. The van der Waals surface area contributed by atoms with E-state index in [1.807, 2.05) is 58.6 Å². The van der Waals surface area contributed by atoms with Gasteiger partial charge in [0.25, 0.3) is 0 Å². The third kappa shape index (κ3) is 1.86. The van der Waals surface area contributed by atoms with Crippen molar-refractivity contribution in [3.05, 3.63) is 18.0 Å². The van der Waals surface area contributed by atoms with Gasteiger partial charge in [-0.2, -0.15) is 5.10 Å². The molecular weight excluding hydrogens is 253 g/mol. The number of aryl methyl sites for hydroxylation is 2. The summed E-state index contributed by atoms with van der Waals surface area (Å²) >= 11 is 0. The Bertz CT molecular complexity index is 662. The molecule has 0 atom stereocenters. The van der Waals surface area contributed by atoms with Crippen molar-refractivity contribution in [2.45, 2.75) is 45.8 Å². The van der Waals surface area contributed by atoms with E-state index in [2.05, 4.69) is 10.1 Å². The van der Waals surface area contributed by atoms with E-state index in [0.717, 1.165) is 22.2 Å². The van der Waals surface area contributed by atoms with Gasteiger partial charge in [-0.15, -0.1) is 0 Å². The van der Waals surface area contributed by atoms with Crippen LogP contribution < -0.4 is 5.59 Å². The molecule has 0 amide bonds. The van der Waals surface area contributed by atoms with Gasteiger partial charge in [0.05, 0.1) is 28.0 Å². The molecule has 5 nitrogen and oxygen atoms in total. The lowest BCUT2D eigenvalue weighted by molar-refractivity contribution is 0.00578. The van der Waals surface area contributed by atoms with Crippen LogP contribution in [0.15, 0.2) is 12.3 Å². The van der Waals surface area contributed by atoms with Gasteiger partial charge in [-0.3, -0.25) is 9.67 Å². The second-order valence-corrected chi connectivity index (χ2v) is 6.42. The van der Waals surface area contributed by atoms with Crippen molar-refractivity contribution >= 4 is 23.6 Å². The van der Waals surface area contributed by atoms with E-state index in [-0.39, 0.29) is 11.2 Å². The Balaban J connectivity index is 2.02. The number of nitrogens with zero attached hydrogens (tertiary/aromatic N) is 3. The molecule has 20 heavy (non-hydrogen) atoms. The van der Waals surface area contributed by atoms with E-state index in [1.54, 1.807) is 0 Å². The third-order valence-corrected chi connectivity index (χ3v) is 4.44. The quantitative estimate of drug-likeness (QED) is 0.740. The topological polar surface area (TPSA) is 49.2 Å². The van der Waals surface area contributed by atoms with Crippen LogP contribution in [0, 0.1) is 6.92 Å². The van der Waals surface area contributed by atoms with Crippen molar-refractivity contribution in [2.75, 3.05) is 0 Å². The molecule has 0 saturated carbocycles. The van der Waals surface area contributed by atoms with Crippen LogP contribution in [0.2, 0.25) is 0 Å². The van der Waals surface area contributed by atoms with E-state index in [4.69, 9.17) is 9.31 Å². The second kappa shape index (κ2) is 4.05. The van der Waals surface area contributed by atoms with E-state index < -0.39 is 7.12 Å². The zero-order chi connectivity index (χ0) is 14.7. The molecule has 0 radical (unpaired) electrons. The fourth-order valence-electron chi connectivity index (χ4n) is 2.43. The van der Waals surface area contributed by atoms with Gasteiger partial charge < -0.3 is 9.31 Å². The zero-order valence-corrected chi connectivity index (χ0v) is 12.9. The average Bonchev–Trinajstić information content (AvgIpc) is 2.74. The summed E-state index contributed by atoms with van der Waals surface area (Å²) in [5.41, 5.74) is 2.12. The fourth-order valence-corrected chi connectivity index (χ4v) is 2.43. The summed E-state index contributed by atoms with van der Waals surface area (Å²) in [6.07, 6.45) is 1.85. The minimum Gasteiger partial charge on any atom is -0.398 e. The lowest BCUT2D eigenvalue weighted by Crippen LogP contribution is -2.41. The standard InChI is InChI=1S/C14H20BN3O2/c1-9-10-8-16-12(7-11(10)18(6)17-9)15-19-13(2,3)14(4,5)20-15/h7-8H,1-6H3. The summed E-state index contributed by atoms with van der Waals surface area (Å²) in [5, 5.41) is 5.47. The smallest absolute Gasteiger partial charge is 0.398 e. The number of fused-ring (bicyclic) bond motifs is 1. The van der Waals surface area contributed by atoms with Gasteiger partial charge in [-0.05, 0) is 40.7 Å². The molecule has 6 heteroatoms. The van der Waals surface area contributed by atoms with Crippen LogP contribution in [-0.4, -0.2) is 33.1 Å². The zero-order valence-electron chi connectivity index (χ0n) is 12.9. The molecular formula is C14H20BN3O2. The van der Waals surface area contributed by atoms with Crippen molar-refractivity contribution in [3.63, 3.8) is 0 Å². The maximum Gasteiger partial charge on any atom is 0.514 e. The maximum absolute atomic E-state index is 6.03. The minimum atomic E-state index is -0.431. The Hall–Kier alpha value is -1.40. The number of hydrogen-bond donors (Lipinski definition) is 0. The van der Waals surface area contributed by atoms with E-state index in [9.17, 15) is 0 Å². The molecule has 0 aromatic carbocycles. The predicted octanol–water partition coefficient (Wildman–Crippen LogP) is 1.58. The molecule has 0 aliphatic carbocycles. The summed E-state index contributed by atoms with van der Waals surface area (Å²) < 4.78 is 13.9. The number of rotatable bonds is 1. The first-order valence-electron chi connectivity index (χ1n) is 6.86. The van der Waals surface area contributed by atoms with Gasteiger partial charge >= 0.3 is 7.12 Å². The van der Waals surface area contributed by atoms with Gasteiger partial charge in [0.15, 0.2) is 0 Å². The molecule has 0 unspecified atom stereocenters. The lowest BCUT2D eigenvalue weighted by atomic mass is 9.84. The van der Waals surface area contributed by atoms with Gasteiger partial charge in [0, 0.05) is 18.6 Å². The van der Waals surface area contributed by atoms with Crippen molar-refractivity contribution in [1.29, 1.82) is 0 Å². The highest BCUT2D eigenvalue weighted by atomic mass is 16.7. The summed E-state index contributed by atoms with van der Waals surface area (Å²) in [5.74, 6) is 0. The van der Waals surface area contributed by atoms with Crippen LogP contribution in [0.5, 0.6) is 0 Å². The Morgan fingerprint density at radius 2 is 1.75 bits per heavy atom. The molecule has 106 valence electrons. The third-order valence-electron chi connectivity index (χ3n) is 4.44. The summed E-state index contributed by atoms with van der Waals surface area (Å²) in [6.45, 7) is 10.2. The Morgan fingerprint density at radius 3 is 2.35 bits per heavy atom. The summed E-state index contributed by atoms with van der Waals surface area (Å²) in [6, 6.07) is 2.00. The molecule has 1 saturated heterocycles. The van der Waals surface area contributed by atoms with Gasteiger partial charge in [0.1, 0.15) is 0 Å². The first-order chi connectivity index (χ1) is 9.21. The number of hydrogen-bond acceptors (Lipinski definition) is 4. The van der Waals surface area contributed by atoms with E-state index in [1.165, 1.54) is 0 Å². The van der Waals surface area contributed by atoms with Gasteiger partial charge in [0.2, 0.25) is 0 Å². The predicted molar refractivity (Wildman–Crippen MR) is 79.0 cm³/mol. The van der Waals surface area contributed by atoms with E-state index in [0.29, 0.717) is 0 Å². The highest BCUT2D eigenvalue weighted by molar-refractivity contribution is 6.61. The highest BCUT2D eigenvalue weighted by Crippen LogP contribution is 2.36. The van der Waals surface area contributed by atoms with Crippen molar-refractivity contribution in [3.8, 4) is 0 Å². The molecule has 2 aromatic heterocycles. The van der Waals surface area contributed by atoms with Crippen LogP contribution in [0.1, 0.15) is 33.4 Å². The van der Waals surface area contributed by atoms with Crippen LogP contribution in [0.4, 0.5) is 0 Å². The first-order valence-corrected chi connectivity index (χ1v) is 6.86. The SMILES string of the molecule is Cc1nn(C)c2cc(B3OC(C)(C)C(C)(C)O3)ncc12. The minimum absolute atomic E-state index is 0.351. The number of aromatic nitrogens is 3. The van der Waals surface area contributed by atoms with Crippen LogP contribution in [0.25, 0.3) is 10.9 Å². The monoisotopic (exact) mass is 273 g/mol. The summed E-state index contributed by atoms with van der Waals surface area (Å²) in [4.78, 5) is 4.49. The fraction of sp³-hybridized carbons (Fsp3) is 0.571. The molecule has 1 fully saturated rings. The maximum atomic E-state index is 6.03. The highest BCUT2D eigenvalue weighted by Gasteiger charge is 2.52. The number of pyridine rings is 1. The molecule has 1 aliphatic rings. The van der Waals surface area contributed by atoms with Crippen LogP contribution >= 0.6 is 0 Å². The molecule has 1 aliphatic heterocycles. The Morgan fingerprint density at radius 1 is 1.15 bits per heavy atom. The van der Waals surface area contributed by atoms with Gasteiger partial charge in [-0.25, -0.2) is 0 Å². The van der Waals surface area contributed by atoms with Crippen LogP contribution in [-0.2, 0) is 16.4 Å². The molecule has 3 rings (SSSR count). The van der Waals surface area contributed by atoms with Crippen molar-refractivity contribution in [1.82, 2.24) is 14.8 Å². The lowest BCUT2D eigenvalue weighted by Gasteiger charge is -2.32. The normalized spacial score (nSPS) is 20.8. The largest absolute Gasteiger partial charge is 0.514 e. The van der Waals surface area contributed by atoms with Crippen LogP contribution in [0.3, 0.4) is 0 Å². The first kappa shape index (κ1) is 13.6. The average molecular weight is 273 g/mol. The van der Waals surface area contributed by atoms with Gasteiger partial charge in [-0.1, -0.05) is 0 Å². The van der Waals surface area contributed by atoms with Crippen molar-refractivity contribution < 1.29 is 9.31 Å². The molecule has 2 aromatic rings. The van der Waals surface area contributed by atoms with Crippen molar-refractivity contribution in [2.24, 2.45) is 7.05 Å². The molecule has 0 spiro atoms. The Kier molecular flexibility index (Phi) is 2.75. The Labute approximate surface area is 119 Å². The molecule has 0 bridgehead atoms. The van der Waals surface area contributed by atoms with E-state index >= 15 is 0 Å². The summed E-state index contributed by atoms with van der Waals surface area (Å²) in [7, 11) is 1.50. The molecule has 3 heterocycles.